The molecule has 0 radical (unpaired) electrons. The Hall–Kier alpha value is -2.69. The molecule has 2 aromatic heterocycles. The molecule has 0 aliphatic carbocycles. The number of hydrogen-bond donors (Lipinski definition) is 2. The first-order valence-electron chi connectivity index (χ1n) is 12.5. The monoisotopic (exact) mass is 590 g/mol. The summed E-state index contributed by atoms with van der Waals surface area (Å²) in [5.74, 6) is -1.01. The number of pyridine rings is 1. The number of rotatable bonds is 10. The van der Waals surface area contributed by atoms with Gasteiger partial charge in [-0.2, -0.15) is 5.10 Å². The van der Waals surface area contributed by atoms with E-state index < -0.39 is 5.91 Å². The Balaban J connectivity index is 1.78. The first-order valence-corrected chi connectivity index (χ1v) is 13.7. The van der Waals surface area contributed by atoms with Gasteiger partial charge in [-0.15, -0.1) is 0 Å². The Kier molecular flexibility index (Phi) is 9.04. The Bertz CT molecular complexity index is 1290. The highest BCUT2D eigenvalue weighted by atomic mass is 79.9. The SMILES string of the molecule is CCc1nc2c(cnn2CC)c(NC2CCOCC2)c1CN(Cc1ccc(Cl)c(Br)c1)C(=O)CC(N)=O. The van der Waals surface area contributed by atoms with Crippen LogP contribution in [0, 0.1) is 0 Å². The standard InChI is InChI=1S/C26H32BrClN6O3/c1-3-22-19(15-33(24(36)12-23(29)35)14-16-5-6-21(28)20(27)11-16)25(31-17-7-9-37-10-8-17)18-13-30-34(4-2)26(18)32-22/h5-6,11,13,17H,3-4,7-10,12,14-15H2,1-2H3,(H2,29,35)(H,31,32). The van der Waals surface area contributed by atoms with Gasteiger partial charge in [0, 0.05) is 54.6 Å². The van der Waals surface area contributed by atoms with E-state index in [2.05, 4.69) is 33.3 Å². The molecule has 9 nitrogen and oxygen atoms in total. The number of carbonyl (C=O) groups excluding carboxylic acids is 2. The molecule has 37 heavy (non-hydrogen) atoms. The van der Waals surface area contributed by atoms with Gasteiger partial charge in [-0.25, -0.2) is 9.67 Å². The van der Waals surface area contributed by atoms with Crippen molar-refractivity contribution in [1.82, 2.24) is 19.7 Å². The molecule has 3 heterocycles. The highest BCUT2D eigenvalue weighted by Gasteiger charge is 2.25. The summed E-state index contributed by atoms with van der Waals surface area (Å²) >= 11 is 9.64. The van der Waals surface area contributed by atoms with Crippen LogP contribution in [0.25, 0.3) is 11.0 Å². The van der Waals surface area contributed by atoms with E-state index in [4.69, 9.17) is 27.1 Å². The van der Waals surface area contributed by atoms with Crippen molar-refractivity contribution in [1.29, 1.82) is 0 Å². The van der Waals surface area contributed by atoms with Gasteiger partial charge in [0.2, 0.25) is 11.8 Å². The smallest absolute Gasteiger partial charge is 0.232 e. The number of fused-ring (bicyclic) bond motifs is 1. The van der Waals surface area contributed by atoms with E-state index in [1.54, 1.807) is 11.0 Å². The van der Waals surface area contributed by atoms with Gasteiger partial charge < -0.3 is 20.7 Å². The number of nitrogens with two attached hydrogens (primary N) is 1. The van der Waals surface area contributed by atoms with E-state index >= 15 is 0 Å². The van der Waals surface area contributed by atoms with Crippen molar-refractivity contribution in [2.24, 2.45) is 5.73 Å². The maximum absolute atomic E-state index is 13.2. The maximum Gasteiger partial charge on any atom is 0.232 e. The summed E-state index contributed by atoms with van der Waals surface area (Å²) < 4.78 is 8.18. The molecule has 3 N–H and O–H groups in total. The van der Waals surface area contributed by atoms with Crippen LogP contribution in [0.3, 0.4) is 0 Å². The average molecular weight is 592 g/mol. The number of anilines is 1. The molecule has 0 saturated carbocycles. The van der Waals surface area contributed by atoms with Gasteiger partial charge in [0.15, 0.2) is 5.65 Å². The van der Waals surface area contributed by atoms with E-state index in [0.717, 1.165) is 50.9 Å². The zero-order valence-corrected chi connectivity index (χ0v) is 23.4. The summed E-state index contributed by atoms with van der Waals surface area (Å²) in [6.07, 6.45) is 3.91. The van der Waals surface area contributed by atoms with Crippen LogP contribution in [0.2, 0.25) is 5.02 Å². The van der Waals surface area contributed by atoms with Crippen molar-refractivity contribution in [2.75, 3.05) is 18.5 Å². The number of aromatic nitrogens is 3. The molecule has 0 unspecified atom stereocenters. The highest BCUT2D eigenvalue weighted by molar-refractivity contribution is 9.10. The lowest BCUT2D eigenvalue weighted by molar-refractivity contribution is -0.136. The van der Waals surface area contributed by atoms with Crippen molar-refractivity contribution < 1.29 is 14.3 Å². The molecule has 198 valence electrons. The summed E-state index contributed by atoms with van der Waals surface area (Å²) in [7, 11) is 0. The molecule has 1 aromatic carbocycles. The summed E-state index contributed by atoms with van der Waals surface area (Å²) in [5, 5.41) is 9.79. The molecule has 1 aliphatic rings. The Morgan fingerprint density at radius 3 is 2.68 bits per heavy atom. The Morgan fingerprint density at radius 2 is 2.03 bits per heavy atom. The number of benzene rings is 1. The molecule has 3 aromatic rings. The van der Waals surface area contributed by atoms with Gasteiger partial charge in [-0.05, 0) is 59.8 Å². The number of ether oxygens (including phenoxy) is 1. The zero-order valence-electron chi connectivity index (χ0n) is 21.1. The summed E-state index contributed by atoms with van der Waals surface area (Å²) in [5.41, 5.74) is 9.83. The van der Waals surface area contributed by atoms with Crippen molar-refractivity contribution >= 4 is 56.1 Å². The minimum absolute atomic E-state index is 0.231. The molecule has 0 spiro atoms. The topological polar surface area (TPSA) is 115 Å². The number of aryl methyl sites for hydroxylation is 2. The van der Waals surface area contributed by atoms with Gasteiger partial charge in [-0.3, -0.25) is 9.59 Å². The van der Waals surface area contributed by atoms with Crippen molar-refractivity contribution in [2.45, 2.75) is 65.2 Å². The number of nitrogens with one attached hydrogen (secondary N) is 1. The zero-order chi connectivity index (χ0) is 26.5. The minimum Gasteiger partial charge on any atom is -0.381 e. The average Bonchev–Trinajstić information content (AvgIpc) is 3.29. The number of primary amides is 1. The molecular weight excluding hydrogens is 560 g/mol. The number of carbonyl (C=O) groups is 2. The maximum atomic E-state index is 13.2. The van der Waals surface area contributed by atoms with Crippen LogP contribution in [0.1, 0.15) is 49.9 Å². The second-order valence-corrected chi connectivity index (χ2v) is 10.4. The van der Waals surface area contributed by atoms with Gasteiger partial charge in [0.1, 0.15) is 6.42 Å². The van der Waals surface area contributed by atoms with Crippen LogP contribution in [0.15, 0.2) is 28.9 Å². The van der Waals surface area contributed by atoms with Gasteiger partial charge in [0.25, 0.3) is 0 Å². The molecule has 1 fully saturated rings. The second kappa shape index (κ2) is 12.2. The van der Waals surface area contributed by atoms with E-state index in [1.807, 2.05) is 29.9 Å². The predicted molar refractivity (Wildman–Crippen MR) is 147 cm³/mol. The molecule has 4 rings (SSSR count). The summed E-state index contributed by atoms with van der Waals surface area (Å²) in [4.78, 5) is 31.5. The fraction of sp³-hybridized carbons (Fsp3) is 0.462. The first-order chi connectivity index (χ1) is 17.8. The molecule has 2 amide bonds. The van der Waals surface area contributed by atoms with Crippen LogP contribution >= 0.6 is 27.5 Å². The fourth-order valence-corrected chi connectivity index (χ4v) is 5.17. The number of halogens is 2. The van der Waals surface area contributed by atoms with E-state index in [1.165, 1.54) is 0 Å². The number of hydrogen-bond acceptors (Lipinski definition) is 6. The molecule has 1 saturated heterocycles. The third kappa shape index (κ3) is 6.42. The summed E-state index contributed by atoms with van der Waals surface area (Å²) in [6, 6.07) is 5.75. The van der Waals surface area contributed by atoms with E-state index in [-0.39, 0.29) is 31.5 Å². The van der Waals surface area contributed by atoms with Crippen LogP contribution in [-0.4, -0.2) is 50.7 Å². The fourth-order valence-electron chi connectivity index (χ4n) is 4.62. The van der Waals surface area contributed by atoms with E-state index in [0.29, 0.717) is 31.2 Å². The van der Waals surface area contributed by atoms with E-state index in [9.17, 15) is 9.59 Å². The van der Waals surface area contributed by atoms with Gasteiger partial charge in [0.05, 0.1) is 22.3 Å². The Labute approximate surface area is 229 Å². The first kappa shape index (κ1) is 27.3. The van der Waals surface area contributed by atoms with Crippen molar-refractivity contribution in [3.8, 4) is 0 Å². The third-order valence-corrected chi connectivity index (χ3v) is 7.77. The quantitative estimate of drug-likeness (QED) is 0.337. The largest absolute Gasteiger partial charge is 0.381 e. The molecular formula is C26H32BrClN6O3. The normalized spacial score (nSPS) is 14.2. The minimum atomic E-state index is -0.665. The highest BCUT2D eigenvalue weighted by Crippen LogP contribution is 2.33. The van der Waals surface area contributed by atoms with Gasteiger partial charge >= 0.3 is 0 Å². The van der Waals surface area contributed by atoms with Crippen LogP contribution in [-0.2, 0) is 40.4 Å². The lowest BCUT2D eigenvalue weighted by atomic mass is 10.0. The molecule has 0 bridgehead atoms. The molecule has 11 heteroatoms. The predicted octanol–water partition coefficient (Wildman–Crippen LogP) is 4.42. The Morgan fingerprint density at radius 1 is 1.27 bits per heavy atom. The van der Waals surface area contributed by atoms with Gasteiger partial charge in [-0.1, -0.05) is 24.6 Å². The lowest BCUT2D eigenvalue weighted by Gasteiger charge is -2.29. The second-order valence-electron chi connectivity index (χ2n) is 9.14. The lowest BCUT2D eigenvalue weighted by Crippen LogP contribution is -2.34. The third-order valence-electron chi connectivity index (χ3n) is 6.56. The van der Waals surface area contributed by atoms with Crippen molar-refractivity contribution in [3.63, 3.8) is 0 Å². The van der Waals surface area contributed by atoms with Crippen LogP contribution < -0.4 is 11.1 Å². The number of nitrogens with zero attached hydrogens (tertiary/aromatic N) is 4. The summed E-state index contributed by atoms with van der Waals surface area (Å²) in [6.45, 7) is 6.73. The van der Waals surface area contributed by atoms with Crippen LogP contribution in [0.5, 0.6) is 0 Å². The molecule has 1 aliphatic heterocycles. The number of amides is 2. The molecule has 0 atom stereocenters. The van der Waals surface area contributed by atoms with Crippen LogP contribution in [0.4, 0.5) is 5.69 Å². The van der Waals surface area contributed by atoms with Crippen molar-refractivity contribution in [3.05, 3.63) is 50.7 Å².